The van der Waals surface area contributed by atoms with Crippen LogP contribution in [0.4, 0.5) is 10.2 Å². The van der Waals surface area contributed by atoms with Gasteiger partial charge in [0.2, 0.25) is 5.95 Å². The zero-order chi connectivity index (χ0) is 12.8. The van der Waals surface area contributed by atoms with Crippen molar-refractivity contribution in [2.75, 3.05) is 18.5 Å². The third kappa shape index (κ3) is 3.73. The second-order valence-electron chi connectivity index (χ2n) is 3.94. The molecule has 0 bridgehead atoms. The van der Waals surface area contributed by atoms with Crippen LogP contribution in [0.5, 0.6) is 5.75 Å². The minimum absolute atomic E-state index is 0.486. The van der Waals surface area contributed by atoms with Crippen LogP contribution in [0.15, 0.2) is 42.5 Å². The highest BCUT2D eigenvalue weighted by Gasteiger charge is 1.96. The first-order chi connectivity index (χ1) is 8.74. The van der Waals surface area contributed by atoms with Crippen LogP contribution in [-0.2, 0) is 0 Å². The summed E-state index contributed by atoms with van der Waals surface area (Å²) in [5, 5.41) is 2.99. The summed E-state index contributed by atoms with van der Waals surface area (Å²) in [6.45, 7) is 3.09. The molecule has 1 aromatic heterocycles. The molecule has 0 spiro atoms. The SMILES string of the molecule is Cc1cccc(OCCNc2cccc(F)n2)c1. The fourth-order valence-electron chi connectivity index (χ4n) is 1.56. The van der Waals surface area contributed by atoms with Gasteiger partial charge in [-0.1, -0.05) is 18.2 Å². The maximum absolute atomic E-state index is 12.8. The van der Waals surface area contributed by atoms with Crippen molar-refractivity contribution in [2.24, 2.45) is 0 Å². The predicted molar refractivity (Wildman–Crippen MR) is 69.4 cm³/mol. The maximum atomic E-state index is 12.8. The van der Waals surface area contributed by atoms with Crippen molar-refractivity contribution in [1.82, 2.24) is 4.98 Å². The molecule has 0 saturated carbocycles. The molecule has 18 heavy (non-hydrogen) atoms. The molecule has 0 aliphatic rings. The quantitative estimate of drug-likeness (QED) is 0.650. The van der Waals surface area contributed by atoms with Gasteiger partial charge in [-0.05, 0) is 36.8 Å². The molecule has 2 aromatic rings. The van der Waals surface area contributed by atoms with E-state index in [4.69, 9.17) is 4.74 Å². The fraction of sp³-hybridized carbons (Fsp3) is 0.214. The number of aryl methyl sites for hydroxylation is 1. The first-order valence-corrected chi connectivity index (χ1v) is 5.80. The minimum atomic E-state index is -0.486. The normalized spacial score (nSPS) is 10.1. The minimum Gasteiger partial charge on any atom is -0.492 e. The number of halogens is 1. The first-order valence-electron chi connectivity index (χ1n) is 5.80. The third-order valence-electron chi connectivity index (χ3n) is 2.38. The van der Waals surface area contributed by atoms with Crippen molar-refractivity contribution in [3.8, 4) is 5.75 Å². The number of hydrogen-bond acceptors (Lipinski definition) is 3. The molecule has 4 heteroatoms. The molecule has 0 fully saturated rings. The van der Waals surface area contributed by atoms with Gasteiger partial charge >= 0.3 is 0 Å². The Morgan fingerprint density at radius 1 is 1.22 bits per heavy atom. The van der Waals surface area contributed by atoms with Gasteiger partial charge in [0.1, 0.15) is 18.2 Å². The van der Waals surface area contributed by atoms with Crippen LogP contribution in [0.25, 0.3) is 0 Å². The van der Waals surface area contributed by atoms with Gasteiger partial charge in [-0.25, -0.2) is 4.98 Å². The Hall–Kier alpha value is -2.10. The largest absolute Gasteiger partial charge is 0.492 e. The molecule has 0 saturated heterocycles. The van der Waals surface area contributed by atoms with Gasteiger partial charge in [0.05, 0.1) is 6.54 Å². The second-order valence-corrected chi connectivity index (χ2v) is 3.94. The van der Waals surface area contributed by atoms with Crippen LogP contribution < -0.4 is 10.1 Å². The van der Waals surface area contributed by atoms with E-state index in [-0.39, 0.29) is 0 Å². The first kappa shape index (κ1) is 12.4. The molecule has 2 rings (SSSR count). The topological polar surface area (TPSA) is 34.1 Å². The summed E-state index contributed by atoms with van der Waals surface area (Å²) in [5.41, 5.74) is 1.16. The summed E-state index contributed by atoms with van der Waals surface area (Å²) in [5.74, 6) is 0.867. The van der Waals surface area contributed by atoms with E-state index in [0.717, 1.165) is 11.3 Å². The lowest BCUT2D eigenvalue weighted by Gasteiger charge is -2.08. The van der Waals surface area contributed by atoms with Gasteiger partial charge in [-0.15, -0.1) is 0 Å². The van der Waals surface area contributed by atoms with E-state index in [1.165, 1.54) is 6.07 Å². The number of aromatic nitrogens is 1. The molecule has 0 amide bonds. The lowest BCUT2D eigenvalue weighted by atomic mass is 10.2. The van der Waals surface area contributed by atoms with Crippen molar-refractivity contribution < 1.29 is 9.13 Å². The average molecular weight is 246 g/mol. The van der Waals surface area contributed by atoms with Crippen molar-refractivity contribution in [2.45, 2.75) is 6.92 Å². The Labute approximate surface area is 106 Å². The number of anilines is 1. The molecule has 1 N–H and O–H groups in total. The van der Waals surface area contributed by atoms with Crippen LogP contribution >= 0.6 is 0 Å². The van der Waals surface area contributed by atoms with E-state index in [1.54, 1.807) is 12.1 Å². The highest BCUT2D eigenvalue weighted by atomic mass is 19.1. The summed E-state index contributed by atoms with van der Waals surface area (Å²) in [6, 6.07) is 12.5. The Balaban J connectivity index is 1.76. The van der Waals surface area contributed by atoms with Gasteiger partial charge < -0.3 is 10.1 Å². The summed E-state index contributed by atoms with van der Waals surface area (Å²) >= 11 is 0. The molecule has 1 aromatic carbocycles. The second kappa shape index (κ2) is 6.00. The predicted octanol–water partition coefficient (Wildman–Crippen LogP) is 3.02. The lowest BCUT2D eigenvalue weighted by molar-refractivity contribution is 0.332. The number of benzene rings is 1. The number of hydrogen-bond donors (Lipinski definition) is 1. The van der Waals surface area contributed by atoms with Crippen LogP contribution in [0.3, 0.4) is 0 Å². The van der Waals surface area contributed by atoms with Gasteiger partial charge in [-0.3, -0.25) is 0 Å². The van der Waals surface area contributed by atoms with E-state index >= 15 is 0 Å². The lowest BCUT2D eigenvalue weighted by Crippen LogP contribution is -2.12. The fourth-order valence-corrected chi connectivity index (χ4v) is 1.56. The number of pyridine rings is 1. The number of rotatable bonds is 5. The summed E-state index contributed by atoms with van der Waals surface area (Å²) in [4.78, 5) is 3.70. The zero-order valence-electron chi connectivity index (χ0n) is 10.2. The highest BCUT2D eigenvalue weighted by molar-refractivity contribution is 5.33. The van der Waals surface area contributed by atoms with Crippen LogP contribution in [0.2, 0.25) is 0 Å². The van der Waals surface area contributed by atoms with Crippen molar-refractivity contribution in [1.29, 1.82) is 0 Å². The molecule has 1 heterocycles. The van der Waals surface area contributed by atoms with Crippen LogP contribution in [-0.4, -0.2) is 18.1 Å². The molecule has 0 atom stereocenters. The molecular formula is C14H15FN2O. The highest BCUT2D eigenvalue weighted by Crippen LogP contribution is 2.12. The molecule has 0 aliphatic heterocycles. The van der Waals surface area contributed by atoms with Gasteiger partial charge in [0.25, 0.3) is 0 Å². The van der Waals surface area contributed by atoms with E-state index in [1.807, 2.05) is 31.2 Å². The number of nitrogens with one attached hydrogen (secondary N) is 1. The summed E-state index contributed by atoms with van der Waals surface area (Å²) in [6.07, 6.45) is 0. The molecule has 0 radical (unpaired) electrons. The molecular weight excluding hydrogens is 231 g/mol. The van der Waals surface area contributed by atoms with Gasteiger partial charge in [0.15, 0.2) is 0 Å². The molecule has 94 valence electrons. The third-order valence-corrected chi connectivity index (χ3v) is 2.38. The molecule has 0 aliphatic carbocycles. The Morgan fingerprint density at radius 2 is 2.06 bits per heavy atom. The van der Waals surface area contributed by atoms with Crippen molar-refractivity contribution >= 4 is 5.82 Å². The van der Waals surface area contributed by atoms with Crippen molar-refractivity contribution in [3.05, 3.63) is 54.0 Å². The van der Waals surface area contributed by atoms with E-state index in [9.17, 15) is 4.39 Å². The number of nitrogens with zero attached hydrogens (tertiary/aromatic N) is 1. The van der Waals surface area contributed by atoms with Crippen LogP contribution in [0.1, 0.15) is 5.56 Å². The smallest absolute Gasteiger partial charge is 0.214 e. The van der Waals surface area contributed by atoms with Gasteiger partial charge in [0, 0.05) is 0 Å². The van der Waals surface area contributed by atoms with Crippen LogP contribution in [0, 0.1) is 12.9 Å². The van der Waals surface area contributed by atoms with E-state index in [2.05, 4.69) is 10.3 Å². The Kier molecular flexibility index (Phi) is 4.12. The average Bonchev–Trinajstić information content (AvgIpc) is 2.35. The Morgan fingerprint density at radius 3 is 2.83 bits per heavy atom. The van der Waals surface area contributed by atoms with Gasteiger partial charge in [-0.2, -0.15) is 4.39 Å². The van der Waals surface area contributed by atoms with E-state index in [0.29, 0.717) is 19.0 Å². The standard InChI is InChI=1S/C14H15FN2O/c1-11-4-2-5-12(10-11)18-9-8-16-14-7-3-6-13(15)17-14/h2-7,10H,8-9H2,1H3,(H,16,17). The monoisotopic (exact) mass is 246 g/mol. The number of ether oxygens (including phenoxy) is 1. The Bertz CT molecular complexity index is 469. The summed E-state index contributed by atoms with van der Waals surface area (Å²) in [7, 11) is 0. The van der Waals surface area contributed by atoms with Crippen molar-refractivity contribution in [3.63, 3.8) is 0 Å². The molecule has 0 unspecified atom stereocenters. The summed E-state index contributed by atoms with van der Waals surface area (Å²) < 4.78 is 18.4. The van der Waals surface area contributed by atoms with E-state index < -0.39 is 5.95 Å². The maximum Gasteiger partial charge on any atom is 0.214 e. The zero-order valence-corrected chi connectivity index (χ0v) is 10.2. The molecule has 3 nitrogen and oxygen atoms in total.